The first-order valence-corrected chi connectivity index (χ1v) is 13.2. The van der Waals surface area contributed by atoms with Gasteiger partial charge >= 0.3 is 6.09 Å². The summed E-state index contributed by atoms with van der Waals surface area (Å²) < 4.78 is 5.30. The molecule has 0 aliphatic heterocycles. The summed E-state index contributed by atoms with van der Waals surface area (Å²) in [5.41, 5.74) is 1.94. The largest absolute Gasteiger partial charge is 0.444 e. The molecule has 3 unspecified atom stereocenters. The highest BCUT2D eigenvalue weighted by Crippen LogP contribution is 2.30. The van der Waals surface area contributed by atoms with Crippen LogP contribution in [0.15, 0.2) is 18.2 Å². The van der Waals surface area contributed by atoms with Crippen molar-refractivity contribution in [3.05, 3.63) is 34.9 Å². The topological polar surface area (TPSA) is 108 Å². The number of hydrogen-bond acceptors (Lipinski definition) is 5. The number of aliphatic hydroxyl groups is 1. The van der Waals surface area contributed by atoms with Crippen molar-refractivity contribution in [3.63, 3.8) is 0 Å². The molecule has 0 bridgehead atoms. The van der Waals surface area contributed by atoms with E-state index in [1.807, 2.05) is 45.9 Å². The number of alkyl carbamates (subject to hydrolysis) is 1. The van der Waals surface area contributed by atoms with Crippen molar-refractivity contribution >= 4 is 17.9 Å². The zero-order valence-electron chi connectivity index (χ0n) is 23.0. The molecule has 3 amide bonds. The number of hydrogen-bond donors (Lipinski definition) is 3. The van der Waals surface area contributed by atoms with Crippen molar-refractivity contribution < 1.29 is 24.2 Å². The van der Waals surface area contributed by atoms with Crippen LogP contribution in [0.1, 0.15) is 95.9 Å². The number of nitrogens with one attached hydrogen (secondary N) is 2. The van der Waals surface area contributed by atoms with Gasteiger partial charge in [-0.25, -0.2) is 4.79 Å². The Kier molecular flexibility index (Phi) is 10.8. The van der Waals surface area contributed by atoms with Crippen molar-refractivity contribution in [2.24, 2.45) is 0 Å². The summed E-state index contributed by atoms with van der Waals surface area (Å²) in [4.78, 5) is 41.7. The number of carbonyl (C=O) groups excluding carboxylic acids is 3. The number of carbonyl (C=O) groups is 3. The summed E-state index contributed by atoms with van der Waals surface area (Å²) in [6, 6.07) is 3.43. The first-order chi connectivity index (χ1) is 16.9. The van der Waals surface area contributed by atoms with E-state index in [4.69, 9.17) is 4.74 Å². The molecule has 1 aromatic carbocycles. The first kappa shape index (κ1) is 29.6. The van der Waals surface area contributed by atoms with E-state index in [1.54, 1.807) is 20.8 Å². The molecule has 0 aromatic heterocycles. The standard InChI is InChI=1S/C28H45N3O5/c1-8-20(4)31(26(34)23(17-32)30-27(35)36-28(5,6)7)24(22-15-14-18(2)16-19(22)3)25(33)29-21-12-10-9-11-13-21/h14-16,20-21,23-24,32H,8-13,17H2,1-7H3,(H,29,33)(H,30,35). The van der Waals surface area contributed by atoms with Gasteiger partial charge in [0.1, 0.15) is 17.7 Å². The Morgan fingerprint density at radius 1 is 1.14 bits per heavy atom. The van der Waals surface area contributed by atoms with E-state index < -0.39 is 36.3 Å². The Hall–Kier alpha value is -2.61. The lowest BCUT2D eigenvalue weighted by Crippen LogP contribution is -2.57. The number of amides is 3. The normalized spacial score (nSPS) is 17.0. The molecule has 202 valence electrons. The van der Waals surface area contributed by atoms with Crippen LogP contribution in [0.25, 0.3) is 0 Å². The van der Waals surface area contributed by atoms with Crippen LogP contribution in [0.5, 0.6) is 0 Å². The van der Waals surface area contributed by atoms with Crippen molar-refractivity contribution in [3.8, 4) is 0 Å². The zero-order valence-corrected chi connectivity index (χ0v) is 23.0. The summed E-state index contributed by atoms with van der Waals surface area (Å²) in [7, 11) is 0. The summed E-state index contributed by atoms with van der Waals surface area (Å²) in [5, 5.41) is 15.8. The Bertz CT molecular complexity index is 905. The van der Waals surface area contributed by atoms with Crippen LogP contribution < -0.4 is 10.6 Å². The molecule has 0 heterocycles. The van der Waals surface area contributed by atoms with Gasteiger partial charge in [0.15, 0.2) is 0 Å². The van der Waals surface area contributed by atoms with Crippen LogP contribution >= 0.6 is 0 Å². The maximum atomic E-state index is 13.9. The number of benzene rings is 1. The van der Waals surface area contributed by atoms with Crippen LogP contribution in [0.4, 0.5) is 4.79 Å². The van der Waals surface area contributed by atoms with Crippen LogP contribution in [0, 0.1) is 13.8 Å². The van der Waals surface area contributed by atoms with Gasteiger partial charge in [-0.05, 0) is 71.9 Å². The molecule has 3 atom stereocenters. The number of aryl methyl sites for hydroxylation is 2. The highest BCUT2D eigenvalue weighted by Gasteiger charge is 2.39. The van der Waals surface area contributed by atoms with Crippen LogP contribution in [-0.2, 0) is 14.3 Å². The summed E-state index contributed by atoms with van der Waals surface area (Å²) >= 11 is 0. The molecule has 1 saturated carbocycles. The number of aliphatic hydroxyl groups excluding tert-OH is 1. The summed E-state index contributed by atoms with van der Waals surface area (Å²) in [6.07, 6.45) is 4.94. The van der Waals surface area contributed by atoms with Crippen LogP contribution in [0.2, 0.25) is 0 Å². The van der Waals surface area contributed by atoms with Crippen molar-refractivity contribution in [2.45, 2.75) is 117 Å². The first-order valence-electron chi connectivity index (χ1n) is 13.2. The second kappa shape index (κ2) is 13.1. The molecule has 1 aliphatic rings. The lowest BCUT2D eigenvalue weighted by atomic mass is 9.92. The molecule has 36 heavy (non-hydrogen) atoms. The second-order valence-corrected chi connectivity index (χ2v) is 11.0. The molecule has 1 aromatic rings. The van der Waals surface area contributed by atoms with Gasteiger partial charge in [-0.2, -0.15) is 0 Å². The predicted molar refractivity (Wildman–Crippen MR) is 141 cm³/mol. The minimum atomic E-state index is -1.25. The maximum absolute atomic E-state index is 13.9. The molecule has 1 aliphatic carbocycles. The molecular weight excluding hydrogens is 458 g/mol. The monoisotopic (exact) mass is 503 g/mol. The molecule has 0 saturated heterocycles. The van der Waals surface area contributed by atoms with Crippen molar-refractivity contribution in [2.75, 3.05) is 6.61 Å². The van der Waals surface area contributed by atoms with Crippen molar-refractivity contribution in [1.29, 1.82) is 0 Å². The third-order valence-electron chi connectivity index (χ3n) is 6.69. The molecule has 1 fully saturated rings. The quantitative estimate of drug-likeness (QED) is 0.466. The van der Waals surface area contributed by atoms with E-state index in [0.29, 0.717) is 6.42 Å². The maximum Gasteiger partial charge on any atom is 0.408 e. The van der Waals surface area contributed by atoms with Gasteiger partial charge in [0.2, 0.25) is 11.8 Å². The molecule has 2 rings (SSSR count). The smallest absolute Gasteiger partial charge is 0.408 e. The number of ether oxygens (including phenoxy) is 1. The van der Waals surface area contributed by atoms with E-state index in [2.05, 4.69) is 10.6 Å². The minimum absolute atomic E-state index is 0.0712. The average Bonchev–Trinajstić information content (AvgIpc) is 2.80. The Morgan fingerprint density at radius 3 is 2.31 bits per heavy atom. The predicted octanol–water partition coefficient (Wildman–Crippen LogP) is 4.31. The van der Waals surface area contributed by atoms with E-state index >= 15 is 0 Å². The Labute approximate surface area is 216 Å². The fraction of sp³-hybridized carbons (Fsp3) is 0.679. The fourth-order valence-corrected chi connectivity index (χ4v) is 4.69. The molecule has 0 spiro atoms. The Morgan fingerprint density at radius 2 is 1.78 bits per heavy atom. The van der Waals surface area contributed by atoms with Gasteiger partial charge in [-0.3, -0.25) is 9.59 Å². The summed E-state index contributed by atoms with van der Waals surface area (Å²) in [6.45, 7) is 12.3. The van der Waals surface area contributed by atoms with Gasteiger partial charge in [0.05, 0.1) is 6.61 Å². The van der Waals surface area contributed by atoms with Crippen molar-refractivity contribution in [1.82, 2.24) is 15.5 Å². The average molecular weight is 504 g/mol. The second-order valence-electron chi connectivity index (χ2n) is 11.0. The van der Waals surface area contributed by atoms with E-state index in [0.717, 1.165) is 42.4 Å². The molecule has 0 radical (unpaired) electrons. The third kappa shape index (κ3) is 8.22. The molecular formula is C28H45N3O5. The van der Waals surface area contributed by atoms with E-state index in [-0.39, 0.29) is 18.0 Å². The lowest BCUT2D eigenvalue weighted by Gasteiger charge is -2.39. The number of rotatable bonds is 9. The minimum Gasteiger partial charge on any atom is -0.444 e. The molecule has 8 heteroatoms. The van der Waals surface area contributed by atoms with Gasteiger partial charge in [-0.1, -0.05) is 49.9 Å². The zero-order chi connectivity index (χ0) is 27.0. The third-order valence-corrected chi connectivity index (χ3v) is 6.69. The van der Waals surface area contributed by atoms with Gasteiger partial charge in [0.25, 0.3) is 0 Å². The van der Waals surface area contributed by atoms with Gasteiger partial charge in [0, 0.05) is 12.1 Å². The van der Waals surface area contributed by atoms with Crippen LogP contribution in [-0.4, -0.2) is 58.2 Å². The Balaban J connectivity index is 2.47. The van der Waals surface area contributed by atoms with E-state index in [9.17, 15) is 19.5 Å². The highest BCUT2D eigenvalue weighted by molar-refractivity contribution is 5.92. The SMILES string of the molecule is CCC(C)N(C(=O)C(CO)NC(=O)OC(C)(C)C)C(C(=O)NC1CCCCC1)c1ccc(C)cc1C. The molecule has 8 nitrogen and oxygen atoms in total. The van der Waals surface area contributed by atoms with Gasteiger partial charge < -0.3 is 25.4 Å². The molecule has 3 N–H and O–H groups in total. The van der Waals surface area contributed by atoms with E-state index in [1.165, 1.54) is 11.3 Å². The lowest BCUT2D eigenvalue weighted by molar-refractivity contribution is -0.146. The van der Waals surface area contributed by atoms with Gasteiger partial charge in [-0.15, -0.1) is 0 Å². The fourth-order valence-electron chi connectivity index (χ4n) is 4.69. The highest BCUT2D eigenvalue weighted by atomic mass is 16.6. The van der Waals surface area contributed by atoms with Crippen LogP contribution in [0.3, 0.4) is 0 Å². The summed E-state index contributed by atoms with van der Waals surface area (Å²) in [5.74, 6) is -0.766. The number of nitrogens with zero attached hydrogens (tertiary/aromatic N) is 1.